The third kappa shape index (κ3) is 4.52. The van der Waals surface area contributed by atoms with Crippen molar-refractivity contribution in [3.05, 3.63) is 47.1 Å². The number of nitrogens with zero attached hydrogens (tertiary/aromatic N) is 4. The molecule has 1 aromatic carbocycles. The first-order valence-corrected chi connectivity index (χ1v) is 10.1. The monoisotopic (exact) mass is 400 g/mol. The van der Waals surface area contributed by atoms with E-state index < -0.39 is 0 Å². The van der Waals surface area contributed by atoms with Gasteiger partial charge in [-0.05, 0) is 19.1 Å². The Morgan fingerprint density at radius 1 is 1.30 bits per heavy atom. The summed E-state index contributed by atoms with van der Waals surface area (Å²) < 4.78 is 5.59. The average molecular weight is 400 g/mol. The van der Waals surface area contributed by atoms with Crippen LogP contribution in [0.4, 0.5) is 5.13 Å². The highest BCUT2D eigenvalue weighted by atomic mass is 32.2. The number of para-hydroxylation sites is 2. The lowest BCUT2D eigenvalue weighted by atomic mass is 10.3. The van der Waals surface area contributed by atoms with Crippen molar-refractivity contribution in [1.82, 2.24) is 25.1 Å². The Morgan fingerprint density at radius 3 is 3.00 bits per heavy atom. The number of rotatable bonds is 7. The maximum absolute atomic E-state index is 11.9. The van der Waals surface area contributed by atoms with E-state index in [9.17, 15) is 4.79 Å². The van der Waals surface area contributed by atoms with Crippen LogP contribution in [-0.2, 0) is 17.6 Å². The number of benzene rings is 1. The number of aromatic amines is 1. The van der Waals surface area contributed by atoms with Gasteiger partial charge in [0, 0.05) is 23.9 Å². The fraction of sp³-hybridized carbons (Fsp3) is 0.235. The summed E-state index contributed by atoms with van der Waals surface area (Å²) in [6, 6.07) is 7.89. The minimum absolute atomic E-state index is 0.156. The number of aryl methyl sites for hydroxylation is 3. The molecule has 0 atom stereocenters. The standard InChI is InChI=1S/C17H16N6O2S2/c1-10-8-18-16(27-10)21-14(24)9-26-17-23-22-15(25-17)7-6-13-19-11-4-2-3-5-12(11)20-13/h2-5,8H,6-7,9H2,1H3,(H,19,20)(H,18,21,24). The Kier molecular flexibility index (Phi) is 5.16. The number of anilines is 1. The summed E-state index contributed by atoms with van der Waals surface area (Å²) >= 11 is 2.64. The molecular formula is C17H16N6O2S2. The van der Waals surface area contributed by atoms with Crippen LogP contribution in [0, 0.1) is 6.92 Å². The van der Waals surface area contributed by atoms with Crippen LogP contribution in [0.15, 0.2) is 40.1 Å². The number of H-pyrrole nitrogens is 1. The molecule has 3 aromatic heterocycles. The van der Waals surface area contributed by atoms with Crippen molar-refractivity contribution in [2.45, 2.75) is 25.0 Å². The molecule has 0 saturated heterocycles. The lowest BCUT2D eigenvalue weighted by Gasteiger charge is -1.98. The molecule has 0 bridgehead atoms. The van der Waals surface area contributed by atoms with Crippen molar-refractivity contribution in [1.29, 1.82) is 0 Å². The van der Waals surface area contributed by atoms with E-state index in [0.29, 0.717) is 29.1 Å². The van der Waals surface area contributed by atoms with Gasteiger partial charge in [0.05, 0.1) is 16.8 Å². The van der Waals surface area contributed by atoms with E-state index in [1.165, 1.54) is 23.1 Å². The molecule has 138 valence electrons. The van der Waals surface area contributed by atoms with Crippen molar-refractivity contribution in [3.63, 3.8) is 0 Å². The van der Waals surface area contributed by atoms with Gasteiger partial charge in [-0.3, -0.25) is 4.79 Å². The Labute approximate surface area is 162 Å². The molecule has 0 aliphatic carbocycles. The van der Waals surface area contributed by atoms with Gasteiger partial charge in [-0.1, -0.05) is 23.9 Å². The second-order valence-corrected chi connectivity index (χ2v) is 7.94. The van der Waals surface area contributed by atoms with Crippen LogP contribution < -0.4 is 5.32 Å². The molecule has 3 heterocycles. The minimum Gasteiger partial charge on any atom is -0.416 e. The molecule has 27 heavy (non-hydrogen) atoms. The number of amides is 1. The molecule has 2 N–H and O–H groups in total. The highest BCUT2D eigenvalue weighted by Gasteiger charge is 2.12. The first kappa shape index (κ1) is 17.7. The number of carbonyl (C=O) groups is 1. The van der Waals surface area contributed by atoms with Crippen molar-refractivity contribution < 1.29 is 9.21 Å². The zero-order valence-corrected chi connectivity index (χ0v) is 16.1. The number of hydrogen-bond acceptors (Lipinski definition) is 8. The summed E-state index contributed by atoms with van der Waals surface area (Å²) in [6.07, 6.45) is 2.97. The fourth-order valence-electron chi connectivity index (χ4n) is 2.44. The zero-order valence-electron chi connectivity index (χ0n) is 14.4. The number of aromatic nitrogens is 5. The van der Waals surface area contributed by atoms with Gasteiger partial charge in [0.2, 0.25) is 11.8 Å². The van der Waals surface area contributed by atoms with Crippen molar-refractivity contribution >= 4 is 45.2 Å². The molecule has 0 unspecified atom stereocenters. The van der Waals surface area contributed by atoms with Crippen molar-refractivity contribution in [3.8, 4) is 0 Å². The molecule has 0 spiro atoms. The van der Waals surface area contributed by atoms with Crippen LogP contribution in [0.25, 0.3) is 11.0 Å². The average Bonchev–Trinajstić information content (AvgIpc) is 3.37. The van der Waals surface area contributed by atoms with Crippen molar-refractivity contribution in [2.75, 3.05) is 11.1 Å². The lowest BCUT2D eigenvalue weighted by Crippen LogP contribution is -2.13. The van der Waals surface area contributed by atoms with Crippen LogP contribution in [0.5, 0.6) is 0 Å². The summed E-state index contributed by atoms with van der Waals surface area (Å²) in [5.41, 5.74) is 1.95. The highest BCUT2D eigenvalue weighted by molar-refractivity contribution is 7.99. The number of hydrogen-bond donors (Lipinski definition) is 2. The second-order valence-electron chi connectivity index (χ2n) is 5.78. The number of fused-ring (bicyclic) bond motifs is 1. The van der Waals surface area contributed by atoms with Gasteiger partial charge in [0.25, 0.3) is 5.22 Å². The summed E-state index contributed by atoms with van der Waals surface area (Å²) in [6.45, 7) is 1.94. The molecule has 0 fully saturated rings. The molecule has 4 rings (SSSR count). The summed E-state index contributed by atoms with van der Waals surface area (Å²) in [5.74, 6) is 1.43. The van der Waals surface area contributed by atoms with Crippen LogP contribution in [0.3, 0.4) is 0 Å². The Bertz CT molecular complexity index is 1040. The SMILES string of the molecule is Cc1cnc(NC(=O)CSc2nnc(CCc3nc4ccccc4[nH]3)o2)s1. The largest absolute Gasteiger partial charge is 0.416 e. The van der Waals surface area contributed by atoms with E-state index in [4.69, 9.17) is 4.42 Å². The van der Waals surface area contributed by atoms with E-state index in [1.54, 1.807) is 6.20 Å². The number of thiazole rings is 1. The van der Waals surface area contributed by atoms with Gasteiger partial charge in [0.1, 0.15) is 5.82 Å². The third-order valence-corrected chi connectivity index (χ3v) is 5.30. The van der Waals surface area contributed by atoms with Crippen molar-refractivity contribution in [2.24, 2.45) is 0 Å². The van der Waals surface area contributed by atoms with Crippen LogP contribution in [0.1, 0.15) is 16.6 Å². The smallest absolute Gasteiger partial charge is 0.277 e. The predicted octanol–water partition coefficient (Wildman–Crippen LogP) is 3.23. The van der Waals surface area contributed by atoms with Gasteiger partial charge in [0.15, 0.2) is 5.13 Å². The molecule has 0 saturated carbocycles. The normalized spacial score (nSPS) is 11.1. The third-order valence-electron chi connectivity index (χ3n) is 3.66. The maximum Gasteiger partial charge on any atom is 0.277 e. The second kappa shape index (κ2) is 7.89. The topological polar surface area (TPSA) is 110 Å². The predicted molar refractivity (Wildman–Crippen MR) is 104 cm³/mol. The molecule has 4 aromatic rings. The van der Waals surface area contributed by atoms with Gasteiger partial charge >= 0.3 is 0 Å². The van der Waals surface area contributed by atoms with Gasteiger partial charge in [-0.15, -0.1) is 21.5 Å². The number of imidazole rings is 1. The number of carbonyl (C=O) groups excluding carboxylic acids is 1. The highest BCUT2D eigenvalue weighted by Crippen LogP contribution is 2.20. The molecule has 0 aliphatic rings. The fourth-order valence-corrected chi connectivity index (χ4v) is 3.70. The molecule has 0 aliphatic heterocycles. The van der Waals surface area contributed by atoms with Crippen LogP contribution in [-0.4, -0.2) is 36.8 Å². The van der Waals surface area contributed by atoms with E-state index in [0.717, 1.165) is 21.7 Å². The maximum atomic E-state index is 11.9. The lowest BCUT2D eigenvalue weighted by molar-refractivity contribution is -0.113. The Hall–Kier alpha value is -2.72. The van der Waals surface area contributed by atoms with Gasteiger partial charge in [-0.25, -0.2) is 9.97 Å². The summed E-state index contributed by atoms with van der Waals surface area (Å²) in [5, 5.41) is 11.7. The molecule has 8 nitrogen and oxygen atoms in total. The summed E-state index contributed by atoms with van der Waals surface area (Å²) in [4.78, 5) is 24.9. The Balaban J connectivity index is 1.27. The first-order chi connectivity index (χ1) is 13.2. The summed E-state index contributed by atoms with van der Waals surface area (Å²) in [7, 11) is 0. The molecule has 1 amide bonds. The quantitative estimate of drug-likeness (QED) is 0.458. The molecular weight excluding hydrogens is 384 g/mol. The number of nitrogens with one attached hydrogen (secondary N) is 2. The molecule has 0 radical (unpaired) electrons. The van der Waals surface area contributed by atoms with E-state index >= 15 is 0 Å². The van der Waals surface area contributed by atoms with Crippen LogP contribution >= 0.6 is 23.1 Å². The van der Waals surface area contributed by atoms with E-state index in [1.807, 2.05) is 31.2 Å². The van der Waals surface area contributed by atoms with E-state index in [-0.39, 0.29) is 11.7 Å². The minimum atomic E-state index is -0.156. The van der Waals surface area contributed by atoms with Crippen LogP contribution in [0.2, 0.25) is 0 Å². The van der Waals surface area contributed by atoms with Gasteiger partial charge in [-0.2, -0.15) is 0 Å². The van der Waals surface area contributed by atoms with E-state index in [2.05, 4.69) is 30.5 Å². The number of thioether (sulfide) groups is 1. The first-order valence-electron chi connectivity index (χ1n) is 8.27. The molecule has 10 heteroatoms. The van der Waals surface area contributed by atoms with Gasteiger partial charge < -0.3 is 14.7 Å². The zero-order chi connectivity index (χ0) is 18.6. The Morgan fingerprint density at radius 2 is 2.19 bits per heavy atom.